The highest BCUT2D eigenvalue weighted by Gasteiger charge is 2.51. The van der Waals surface area contributed by atoms with E-state index >= 15 is 28.8 Å². The van der Waals surface area contributed by atoms with Crippen LogP contribution in [0.15, 0.2) is 78.9 Å². The molecule has 34 nitrogen and oxygen atoms in total. The minimum atomic E-state index is -2.41. The van der Waals surface area contributed by atoms with Gasteiger partial charge in [-0.15, -0.1) is 0 Å². The number of ether oxygens (including phenoxy) is 5. The van der Waals surface area contributed by atoms with Crippen LogP contribution in [0.2, 0.25) is 10.0 Å². The van der Waals surface area contributed by atoms with Crippen LogP contribution in [0, 0.1) is 29.6 Å². The highest BCUT2D eigenvalue weighted by molar-refractivity contribution is 6.32. The molecule has 4 aliphatic carbocycles. The summed E-state index contributed by atoms with van der Waals surface area (Å²) in [6.45, 7) is 9.32. The van der Waals surface area contributed by atoms with Crippen molar-refractivity contribution in [3.8, 4) is 57.1 Å². The van der Waals surface area contributed by atoms with Gasteiger partial charge in [-0.3, -0.25) is 43.7 Å². The zero-order valence-electron chi connectivity index (χ0n) is 65.6. The molecule has 5 unspecified atom stereocenters. The molecule has 6 aliphatic heterocycles. The number of urea groups is 1. The van der Waals surface area contributed by atoms with E-state index in [1.807, 2.05) is 0 Å². The Labute approximate surface area is 688 Å². The third kappa shape index (κ3) is 20.0. The lowest BCUT2D eigenvalue weighted by atomic mass is 9.54. The number of aromatic hydroxyl groups is 3. The lowest BCUT2D eigenvalue weighted by Gasteiger charge is -2.54. The largest absolute Gasteiger partial charge is 0.508 e. The van der Waals surface area contributed by atoms with Gasteiger partial charge >= 0.3 is 12.1 Å². The fourth-order valence-electron chi connectivity index (χ4n) is 16.8. The maximum absolute atomic E-state index is 16.4. The topological polar surface area (TPSA) is 519 Å². The Kier molecular flexibility index (Phi) is 27.2. The van der Waals surface area contributed by atoms with Gasteiger partial charge in [0, 0.05) is 29.8 Å². The van der Waals surface area contributed by atoms with Crippen LogP contribution in [0.3, 0.4) is 0 Å². The van der Waals surface area contributed by atoms with Crippen molar-refractivity contribution in [2.75, 3.05) is 13.2 Å². The third-order valence-corrected chi connectivity index (χ3v) is 22.9. The van der Waals surface area contributed by atoms with Crippen molar-refractivity contribution in [1.29, 1.82) is 0 Å². The summed E-state index contributed by atoms with van der Waals surface area (Å²) in [5, 5.41) is 130. The molecule has 1 saturated heterocycles. The van der Waals surface area contributed by atoms with Gasteiger partial charge in [0.1, 0.15) is 113 Å². The van der Waals surface area contributed by atoms with Crippen LogP contribution in [0.5, 0.6) is 46.0 Å². The van der Waals surface area contributed by atoms with Crippen molar-refractivity contribution in [2.24, 2.45) is 29.6 Å². The minimum absolute atomic E-state index is 0.0602. The number of aliphatic hydroxyl groups excluding tert-OH is 6. The molecule has 36 heteroatoms. The van der Waals surface area contributed by atoms with E-state index < -0.39 is 213 Å². The smallest absolute Gasteiger partial charge is 0.408 e. The number of fused-ring (bicyclic) bond motifs is 15. The number of amides is 11. The standard InChI is InChI=1S/C82H100Cl2N10O24/c1-7-8-9-10-11-12-19-85-80(112)88-58(99)33-50-73(106)90-62-43-29-55(114-53-17-14-39(27-47(53)83)66(100)64(77(110)86-50)93-72(105)49(20-35(2)3)87-81(113)118-82(4,5)6)71(117-79-70(104)69(103)68(102)57(34-95)116-79)56(30-43)115-54-18-15-40(28-48(54)84)67(101)65-78(111)92-63(76(109)89-60-41-22-36-21-37(24-41)25-42(60)23-36)46-31-44(96)32-52(98)59(46)45-26-38(13-16-51(45)97)61(74(107)94-65)91-75(62)108/h13-18,26-32,35-37,41-42,49-50,57,60-70,79,95-98,100-104H,7-12,19-25,33-34H2,1-6H3,(H,86,110)(H,87,113)(H,89,109)(H,90,106)(H,91,108)(H,92,111)(H,93,105)(H,94,107)(H2,85,88,99,112)/t36?,37?,41?,42?,49-,50+,57?,60?,61-,62-,63+,64-,65+,66-,67-,68?,69?,70?,79?/m1/s1. The number of phenolic OH excluding ortho intramolecular Hbond substituents is 3. The van der Waals surface area contributed by atoms with Crippen molar-refractivity contribution in [2.45, 2.75) is 222 Å². The summed E-state index contributed by atoms with van der Waals surface area (Å²) < 4.78 is 30.9. The Morgan fingerprint density at radius 1 is 0.619 bits per heavy atom. The van der Waals surface area contributed by atoms with Crippen molar-refractivity contribution in [1.82, 2.24) is 53.2 Å². The second-order valence-corrected chi connectivity index (χ2v) is 33.6. The average Bonchev–Trinajstić information content (AvgIpc) is 0.761. The monoisotopic (exact) mass is 1680 g/mol. The highest BCUT2D eigenvalue weighted by Crippen LogP contribution is 2.55. The predicted molar refractivity (Wildman–Crippen MR) is 420 cm³/mol. The van der Waals surface area contributed by atoms with Gasteiger partial charge in [-0.1, -0.05) is 94.3 Å². The fraction of sp³-hybridized carbons (Fsp3) is 0.512. The molecule has 11 amide bonds. The SMILES string of the molecule is CCCCCCCCNC(=O)NC(=O)C[C@@H]1NC(=O)[C@H](NC(=O)[C@@H](CC(C)C)NC(=O)OC(C)(C)C)[C@H](O)c2ccc(c(Cl)c2)Oc2cc3cc(c2OC2OC(CO)C(O)C(O)C2O)Oc2ccc(cc2Cl)[C@@H](O)[C@@H]2NC(=O)[C@H](NC(=O)[C@@H]3NC1=O)c1ccc(O)c(c1)-c1c(O)cc(O)cc1[C@@H](C(=O)NC1C3CC4CC(C3)CC1C4)NC2=O. The maximum atomic E-state index is 16.4. The molecule has 5 fully saturated rings. The van der Waals surface area contributed by atoms with Crippen LogP contribution in [0.1, 0.15) is 183 Å². The minimum Gasteiger partial charge on any atom is -0.508 e. The molecule has 15 bridgehead atoms. The number of hydrogen-bond donors (Lipinski definition) is 19. The normalized spacial score (nSPS) is 27.6. The number of imide groups is 1. The number of nitrogens with one attached hydrogen (secondary N) is 10. The molecule has 0 radical (unpaired) electrons. The molecular formula is C82H100Cl2N10O24. The number of alkyl carbamates (subject to hydrolysis) is 1. The molecule has 15 rings (SSSR count). The number of phenols is 3. The van der Waals surface area contributed by atoms with Gasteiger partial charge in [0.05, 0.1) is 23.1 Å². The van der Waals surface area contributed by atoms with E-state index in [2.05, 4.69) is 60.1 Å². The van der Waals surface area contributed by atoms with E-state index in [0.717, 1.165) is 131 Å². The third-order valence-electron chi connectivity index (χ3n) is 22.3. The number of rotatable bonds is 19. The summed E-state index contributed by atoms with van der Waals surface area (Å²) in [4.78, 5) is 151. The second-order valence-electron chi connectivity index (χ2n) is 32.8. The molecule has 14 atom stereocenters. The van der Waals surface area contributed by atoms with Crippen molar-refractivity contribution in [3.63, 3.8) is 0 Å². The molecule has 0 spiro atoms. The lowest BCUT2D eigenvalue weighted by molar-refractivity contribution is -0.277. The number of carbonyl (C=O) groups excluding carboxylic acids is 10. The Morgan fingerprint density at radius 3 is 1.84 bits per heavy atom. The van der Waals surface area contributed by atoms with Gasteiger partial charge < -0.3 is 117 Å². The van der Waals surface area contributed by atoms with Gasteiger partial charge in [0.15, 0.2) is 11.5 Å². The number of unbranched alkanes of at least 4 members (excludes halogenated alkanes) is 5. The zero-order chi connectivity index (χ0) is 85.0. The number of aliphatic hydroxyl groups is 6. The summed E-state index contributed by atoms with van der Waals surface area (Å²) in [6.07, 6.45) is -7.37. The maximum Gasteiger partial charge on any atom is 0.408 e. The van der Waals surface area contributed by atoms with E-state index in [-0.39, 0.29) is 81.6 Å². The molecule has 0 aromatic heterocycles. The first-order chi connectivity index (χ1) is 56.0. The Morgan fingerprint density at radius 2 is 1.22 bits per heavy atom. The Hall–Kier alpha value is -10.3. The highest BCUT2D eigenvalue weighted by atomic mass is 35.5. The molecule has 5 aromatic rings. The number of halogens is 2. The zero-order valence-corrected chi connectivity index (χ0v) is 67.1. The van der Waals surface area contributed by atoms with Gasteiger partial charge in [-0.05, 0) is 178 Å². The quantitative estimate of drug-likeness (QED) is 0.0439. The molecule has 4 saturated carbocycles. The number of benzene rings is 5. The average molecular weight is 1680 g/mol. The molecule has 19 N–H and O–H groups in total. The summed E-state index contributed by atoms with van der Waals surface area (Å²) in [6, 6.07) is -2.09. The molecule has 636 valence electrons. The molecule has 5 aromatic carbocycles. The van der Waals surface area contributed by atoms with Crippen LogP contribution >= 0.6 is 23.2 Å². The Bertz CT molecular complexity index is 4630. The molecular weight excluding hydrogens is 1580 g/mol. The van der Waals surface area contributed by atoms with Crippen molar-refractivity contribution in [3.05, 3.63) is 117 Å². The van der Waals surface area contributed by atoms with Crippen LogP contribution in [-0.4, -0.2) is 185 Å². The van der Waals surface area contributed by atoms with Crippen molar-refractivity contribution < 1.29 is 118 Å². The van der Waals surface area contributed by atoms with Crippen molar-refractivity contribution >= 4 is 82.6 Å². The predicted octanol–water partition coefficient (Wildman–Crippen LogP) is 5.73. The second kappa shape index (κ2) is 36.9. The fourth-order valence-corrected chi connectivity index (χ4v) is 17.2. The summed E-state index contributed by atoms with van der Waals surface area (Å²) in [5.41, 5.74) is -3.42. The summed E-state index contributed by atoms with van der Waals surface area (Å²) in [7, 11) is 0. The lowest BCUT2D eigenvalue weighted by Crippen LogP contribution is -2.60. The van der Waals surface area contributed by atoms with Crippen LogP contribution in [-0.2, 0) is 47.8 Å². The van der Waals surface area contributed by atoms with Gasteiger partial charge in [0.2, 0.25) is 59.3 Å². The van der Waals surface area contributed by atoms with E-state index in [4.69, 9.17) is 46.9 Å². The van der Waals surface area contributed by atoms with E-state index in [0.29, 0.717) is 18.3 Å². The van der Waals surface area contributed by atoms with Crippen LogP contribution in [0.25, 0.3) is 11.1 Å². The Balaban J connectivity index is 1.04. The molecule has 6 heterocycles. The summed E-state index contributed by atoms with van der Waals surface area (Å²) >= 11 is 14.3. The van der Waals surface area contributed by atoms with Gasteiger partial charge in [0.25, 0.3) is 0 Å². The van der Waals surface area contributed by atoms with E-state index in [1.165, 1.54) is 12.1 Å². The van der Waals surface area contributed by atoms with E-state index in [9.17, 15) is 65.1 Å². The number of hydrogen-bond acceptors (Lipinski definition) is 24. The van der Waals surface area contributed by atoms with Gasteiger partial charge in [-0.2, -0.15) is 0 Å². The van der Waals surface area contributed by atoms with E-state index in [1.54, 1.807) is 34.6 Å². The number of carbonyl (C=O) groups is 10. The first kappa shape index (κ1) is 87.0. The molecule has 118 heavy (non-hydrogen) atoms. The van der Waals surface area contributed by atoms with Crippen LogP contribution < -0.4 is 67.4 Å². The van der Waals surface area contributed by atoms with Crippen LogP contribution in [0.4, 0.5) is 9.59 Å². The molecule has 10 aliphatic rings. The first-order valence-corrected chi connectivity index (χ1v) is 40.3. The first-order valence-electron chi connectivity index (χ1n) is 39.6. The van der Waals surface area contributed by atoms with Gasteiger partial charge in [-0.25, -0.2) is 9.59 Å². The summed E-state index contributed by atoms with van der Waals surface area (Å²) in [5.74, 6) is -14.3.